The second-order valence-electron chi connectivity index (χ2n) is 5.35. The van der Waals surface area contributed by atoms with Gasteiger partial charge in [-0.2, -0.15) is 0 Å². The van der Waals surface area contributed by atoms with Crippen molar-refractivity contribution in [3.8, 4) is 0 Å². The molecule has 0 saturated carbocycles. The lowest BCUT2D eigenvalue weighted by molar-refractivity contribution is -0.144. The van der Waals surface area contributed by atoms with Gasteiger partial charge in [0.1, 0.15) is 12.6 Å². The van der Waals surface area contributed by atoms with Crippen LogP contribution >= 0.6 is 23.5 Å². The molecule has 0 aromatic carbocycles. The Morgan fingerprint density at radius 1 is 1.36 bits per heavy atom. The Morgan fingerprint density at radius 2 is 2.09 bits per heavy atom. The fourth-order valence-electron chi connectivity index (χ4n) is 2.75. The minimum absolute atomic E-state index is 0.105. The fourth-order valence-corrected chi connectivity index (χ4v) is 4.80. The molecule has 0 aromatic rings. The predicted molar refractivity (Wildman–Crippen MR) is 89.7 cm³/mol. The molecule has 0 aromatic heterocycles. The summed E-state index contributed by atoms with van der Waals surface area (Å²) in [5, 5.41) is 13.6. The number of thioether (sulfide) groups is 2. The van der Waals surface area contributed by atoms with Gasteiger partial charge in [0.15, 0.2) is 0 Å². The monoisotopic (exact) mass is 343 g/mol. The first-order valence-electron chi connectivity index (χ1n) is 7.35. The fraction of sp³-hybridized carbons (Fsp3) is 0.600. The lowest BCUT2D eigenvalue weighted by Gasteiger charge is -2.36. The zero-order valence-corrected chi connectivity index (χ0v) is 14.0. The lowest BCUT2D eigenvalue weighted by atomic mass is 9.88. The topological polar surface area (TPSA) is 66.8 Å². The van der Waals surface area contributed by atoms with E-state index >= 15 is 0 Å². The number of carbonyl (C=O) groups is 2. The standard InChI is InChI=1S/C15H21NO4S2/c1-2-7-20-15(19)16-6-5-11(10-12(16)14(17)18)3-4-13-21-8-9-22-13/h2,8-9,11-13H,1,3-7,10H2,(H,17,18). The van der Waals surface area contributed by atoms with Gasteiger partial charge in [0.05, 0.1) is 4.58 Å². The van der Waals surface area contributed by atoms with Crippen molar-refractivity contribution < 1.29 is 19.4 Å². The van der Waals surface area contributed by atoms with Gasteiger partial charge in [0.25, 0.3) is 0 Å². The molecule has 0 bridgehead atoms. The first kappa shape index (κ1) is 17.3. The Labute approximate surface area is 139 Å². The summed E-state index contributed by atoms with van der Waals surface area (Å²) in [4.78, 5) is 24.7. The van der Waals surface area contributed by atoms with Crippen molar-refractivity contribution in [2.75, 3.05) is 13.2 Å². The van der Waals surface area contributed by atoms with Crippen LogP contribution in [-0.4, -0.2) is 45.8 Å². The molecule has 2 aliphatic rings. The number of hydrogen-bond donors (Lipinski definition) is 1. The zero-order chi connectivity index (χ0) is 15.9. The maximum Gasteiger partial charge on any atom is 0.410 e. The largest absolute Gasteiger partial charge is 0.480 e. The van der Waals surface area contributed by atoms with Crippen molar-refractivity contribution in [2.45, 2.75) is 36.3 Å². The van der Waals surface area contributed by atoms with E-state index in [0.717, 1.165) is 19.3 Å². The predicted octanol–water partition coefficient (Wildman–Crippen LogP) is 3.53. The van der Waals surface area contributed by atoms with Gasteiger partial charge in [-0.3, -0.25) is 4.90 Å². The Hall–Kier alpha value is -1.08. The Bertz CT molecular complexity index is 447. The molecule has 1 fully saturated rings. The van der Waals surface area contributed by atoms with Crippen LogP contribution in [0.5, 0.6) is 0 Å². The minimum Gasteiger partial charge on any atom is -0.480 e. The van der Waals surface area contributed by atoms with E-state index in [4.69, 9.17) is 4.74 Å². The van der Waals surface area contributed by atoms with Crippen molar-refractivity contribution in [1.82, 2.24) is 4.90 Å². The second-order valence-corrected chi connectivity index (χ2v) is 7.88. The summed E-state index contributed by atoms with van der Waals surface area (Å²) in [7, 11) is 0. The van der Waals surface area contributed by atoms with Gasteiger partial charge < -0.3 is 9.84 Å². The average Bonchev–Trinajstić information content (AvgIpc) is 3.03. The molecular weight excluding hydrogens is 322 g/mol. The van der Waals surface area contributed by atoms with E-state index in [0.29, 0.717) is 23.5 Å². The van der Waals surface area contributed by atoms with Crippen molar-refractivity contribution >= 4 is 35.6 Å². The Morgan fingerprint density at radius 3 is 2.73 bits per heavy atom. The highest BCUT2D eigenvalue weighted by Gasteiger charge is 2.37. The molecule has 2 heterocycles. The number of nitrogens with zero attached hydrogens (tertiary/aromatic N) is 1. The van der Waals surface area contributed by atoms with Crippen LogP contribution in [0.2, 0.25) is 0 Å². The maximum absolute atomic E-state index is 11.9. The number of rotatable bonds is 6. The van der Waals surface area contributed by atoms with E-state index in [2.05, 4.69) is 17.4 Å². The molecule has 7 heteroatoms. The van der Waals surface area contributed by atoms with Crippen molar-refractivity contribution in [3.05, 3.63) is 23.5 Å². The molecule has 1 amide bonds. The highest BCUT2D eigenvalue weighted by atomic mass is 32.2. The highest BCUT2D eigenvalue weighted by Crippen LogP contribution is 2.38. The molecule has 1 N–H and O–H groups in total. The smallest absolute Gasteiger partial charge is 0.410 e. The molecule has 2 unspecified atom stereocenters. The van der Waals surface area contributed by atoms with Gasteiger partial charge in [0, 0.05) is 6.54 Å². The summed E-state index contributed by atoms with van der Waals surface area (Å²) in [5.74, 6) is -0.599. The van der Waals surface area contributed by atoms with E-state index in [1.54, 1.807) is 0 Å². The van der Waals surface area contributed by atoms with Crippen LogP contribution < -0.4 is 0 Å². The van der Waals surface area contributed by atoms with Crippen molar-refractivity contribution in [3.63, 3.8) is 0 Å². The third-order valence-electron chi connectivity index (χ3n) is 3.88. The van der Waals surface area contributed by atoms with E-state index in [1.807, 2.05) is 23.5 Å². The third kappa shape index (κ3) is 4.71. The minimum atomic E-state index is -0.952. The van der Waals surface area contributed by atoms with Gasteiger partial charge in [-0.05, 0) is 42.4 Å². The van der Waals surface area contributed by atoms with Crippen LogP contribution in [0.3, 0.4) is 0 Å². The molecule has 5 nitrogen and oxygen atoms in total. The Balaban J connectivity index is 1.85. The number of likely N-dealkylation sites (tertiary alicyclic amines) is 1. The van der Waals surface area contributed by atoms with Crippen LogP contribution in [0.15, 0.2) is 23.5 Å². The summed E-state index contributed by atoms with van der Waals surface area (Å²) in [6.07, 6.45) is 4.34. The molecule has 0 spiro atoms. The summed E-state index contributed by atoms with van der Waals surface area (Å²) in [6, 6.07) is -0.780. The summed E-state index contributed by atoms with van der Waals surface area (Å²) < 4.78 is 5.53. The highest BCUT2D eigenvalue weighted by molar-refractivity contribution is 8.22. The average molecular weight is 343 g/mol. The maximum atomic E-state index is 11.9. The molecule has 0 radical (unpaired) electrons. The van der Waals surface area contributed by atoms with Gasteiger partial charge in [0.2, 0.25) is 0 Å². The summed E-state index contributed by atoms with van der Waals surface area (Å²) >= 11 is 3.65. The van der Waals surface area contributed by atoms with Gasteiger partial charge in [-0.25, -0.2) is 9.59 Å². The quantitative estimate of drug-likeness (QED) is 0.744. The van der Waals surface area contributed by atoms with E-state index in [-0.39, 0.29) is 6.61 Å². The number of aliphatic carboxylic acids is 1. The number of hydrogen-bond acceptors (Lipinski definition) is 5. The van der Waals surface area contributed by atoms with Crippen LogP contribution in [-0.2, 0) is 9.53 Å². The first-order valence-corrected chi connectivity index (χ1v) is 9.23. The first-order chi connectivity index (χ1) is 10.6. The zero-order valence-electron chi connectivity index (χ0n) is 12.3. The van der Waals surface area contributed by atoms with Gasteiger partial charge >= 0.3 is 12.1 Å². The molecule has 22 heavy (non-hydrogen) atoms. The van der Waals surface area contributed by atoms with Crippen LogP contribution in [0.4, 0.5) is 4.79 Å². The lowest BCUT2D eigenvalue weighted by Crippen LogP contribution is -2.50. The molecule has 0 aliphatic carbocycles. The SMILES string of the molecule is C=CCOC(=O)N1CCC(CCC2SC=CS2)CC1C(=O)O. The number of amides is 1. The summed E-state index contributed by atoms with van der Waals surface area (Å²) in [5.41, 5.74) is 0. The molecule has 122 valence electrons. The number of piperidine rings is 1. The third-order valence-corrected chi connectivity index (χ3v) is 6.39. The van der Waals surface area contributed by atoms with E-state index < -0.39 is 18.1 Å². The van der Waals surface area contributed by atoms with E-state index in [9.17, 15) is 14.7 Å². The number of ether oxygens (including phenoxy) is 1. The van der Waals surface area contributed by atoms with Crippen LogP contribution in [0, 0.1) is 5.92 Å². The second kappa shape index (κ2) is 8.53. The number of carboxylic acids is 1. The summed E-state index contributed by atoms with van der Waals surface area (Å²) in [6.45, 7) is 4.04. The normalized spacial score (nSPS) is 25.2. The van der Waals surface area contributed by atoms with Crippen LogP contribution in [0.1, 0.15) is 25.7 Å². The van der Waals surface area contributed by atoms with Gasteiger partial charge in [-0.1, -0.05) is 12.7 Å². The van der Waals surface area contributed by atoms with Gasteiger partial charge in [-0.15, -0.1) is 23.5 Å². The van der Waals surface area contributed by atoms with E-state index in [1.165, 1.54) is 11.0 Å². The molecule has 2 aliphatic heterocycles. The Kier molecular flexibility index (Phi) is 6.70. The molecular formula is C15H21NO4S2. The molecule has 1 saturated heterocycles. The molecule has 2 atom stereocenters. The van der Waals surface area contributed by atoms with Crippen molar-refractivity contribution in [1.29, 1.82) is 0 Å². The number of carboxylic acid groups (broad SMARTS) is 1. The van der Waals surface area contributed by atoms with Crippen molar-refractivity contribution in [2.24, 2.45) is 5.92 Å². The number of carbonyl (C=O) groups excluding carboxylic acids is 1. The van der Waals surface area contributed by atoms with Crippen LogP contribution in [0.25, 0.3) is 0 Å². The molecule has 2 rings (SSSR count).